The van der Waals surface area contributed by atoms with E-state index in [4.69, 9.17) is 9.15 Å². The first-order chi connectivity index (χ1) is 19.1. The van der Waals surface area contributed by atoms with E-state index in [9.17, 15) is 19.5 Å². The van der Waals surface area contributed by atoms with Crippen molar-refractivity contribution in [2.24, 2.45) is 28.6 Å². The van der Waals surface area contributed by atoms with Gasteiger partial charge in [-0.05, 0) is 111 Å². The molecule has 0 aromatic carbocycles. The third kappa shape index (κ3) is 5.28. The van der Waals surface area contributed by atoms with Crippen LogP contribution in [0.5, 0.6) is 0 Å². The molecule has 0 saturated heterocycles. The van der Waals surface area contributed by atoms with Crippen molar-refractivity contribution in [2.45, 2.75) is 128 Å². The molecule has 4 aliphatic carbocycles. The summed E-state index contributed by atoms with van der Waals surface area (Å²) in [7, 11) is 1.41. The number of unbranched alkanes of at least 4 members (excludes halogenated alkanes) is 3. The Labute approximate surface area is 238 Å². The van der Waals surface area contributed by atoms with Gasteiger partial charge in [-0.3, -0.25) is 9.59 Å². The van der Waals surface area contributed by atoms with Crippen molar-refractivity contribution in [2.75, 3.05) is 7.11 Å². The third-order valence-electron chi connectivity index (χ3n) is 12.0. The van der Waals surface area contributed by atoms with Crippen LogP contribution in [0.3, 0.4) is 0 Å². The summed E-state index contributed by atoms with van der Waals surface area (Å²) in [6, 6.07) is 3.40. The molecule has 40 heavy (non-hydrogen) atoms. The molecule has 0 bridgehead atoms. The van der Waals surface area contributed by atoms with Gasteiger partial charge >= 0.3 is 17.6 Å². The van der Waals surface area contributed by atoms with Crippen LogP contribution in [0.2, 0.25) is 0 Å². The summed E-state index contributed by atoms with van der Waals surface area (Å²) in [4.78, 5) is 35.3. The highest BCUT2D eigenvalue weighted by Gasteiger charge is 2.67. The lowest BCUT2D eigenvalue weighted by molar-refractivity contribution is -0.207. The van der Waals surface area contributed by atoms with Crippen LogP contribution in [0.25, 0.3) is 0 Å². The van der Waals surface area contributed by atoms with Crippen LogP contribution >= 0.6 is 0 Å². The number of hydrogen-bond donors (Lipinski definition) is 1. The quantitative estimate of drug-likeness (QED) is 0.281. The Hall–Kier alpha value is -2.15. The number of aliphatic hydroxyl groups is 1. The minimum atomic E-state index is -0.704. The van der Waals surface area contributed by atoms with Crippen molar-refractivity contribution in [3.05, 3.63) is 34.4 Å². The van der Waals surface area contributed by atoms with Gasteiger partial charge in [-0.2, -0.15) is 0 Å². The molecule has 0 spiro atoms. The Morgan fingerprint density at radius 1 is 0.925 bits per heavy atom. The first kappa shape index (κ1) is 29.3. The van der Waals surface area contributed by atoms with Crippen LogP contribution in [0.1, 0.15) is 122 Å². The van der Waals surface area contributed by atoms with Crippen LogP contribution < -0.4 is 5.63 Å². The summed E-state index contributed by atoms with van der Waals surface area (Å²) in [6.45, 7) is 4.72. The van der Waals surface area contributed by atoms with Gasteiger partial charge < -0.3 is 19.0 Å². The number of hydrogen-bond acceptors (Lipinski definition) is 7. The minimum Gasteiger partial charge on any atom is -0.469 e. The highest BCUT2D eigenvalue weighted by Crippen LogP contribution is 2.70. The molecule has 7 nitrogen and oxygen atoms in total. The van der Waals surface area contributed by atoms with E-state index in [1.54, 1.807) is 6.26 Å². The number of fused-ring (bicyclic) bond motifs is 5. The van der Waals surface area contributed by atoms with E-state index < -0.39 is 5.60 Å². The van der Waals surface area contributed by atoms with E-state index in [1.807, 2.05) is 6.07 Å². The van der Waals surface area contributed by atoms with Gasteiger partial charge in [0.2, 0.25) is 0 Å². The molecule has 8 atom stereocenters. The van der Waals surface area contributed by atoms with E-state index >= 15 is 0 Å². The summed E-state index contributed by atoms with van der Waals surface area (Å²) < 4.78 is 15.9. The second-order valence-electron chi connectivity index (χ2n) is 13.7. The van der Waals surface area contributed by atoms with Gasteiger partial charge in [-0.25, -0.2) is 4.79 Å². The standard InChI is InChI=1S/C33H48O7/c1-31-17-14-24(40-30(36)9-7-5-4-6-8-28(34)38-3)20-23(31)11-12-27-26(31)15-18-32(2)25(16-19-33(27,32)37)22-10-13-29(35)39-21-22/h10,13,21,23-27,37H,4-9,11-12,14-20H2,1-3H3/t23-,24+,25-,26+,27?,31+,32-,33+/m1/s1. The summed E-state index contributed by atoms with van der Waals surface area (Å²) in [5.41, 5.74) is -0.0420. The largest absolute Gasteiger partial charge is 0.469 e. The minimum absolute atomic E-state index is 0.00184. The second-order valence-corrected chi connectivity index (χ2v) is 13.7. The molecular formula is C33H48O7. The summed E-state index contributed by atoms with van der Waals surface area (Å²) in [5, 5.41) is 12.4. The maximum Gasteiger partial charge on any atom is 0.335 e. The summed E-state index contributed by atoms with van der Waals surface area (Å²) >= 11 is 0. The lowest BCUT2D eigenvalue weighted by atomic mass is 9.43. The predicted molar refractivity (Wildman–Crippen MR) is 151 cm³/mol. The molecular weight excluding hydrogens is 508 g/mol. The van der Waals surface area contributed by atoms with Crippen molar-refractivity contribution >= 4 is 11.9 Å². The highest BCUT2D eigenvalue weighted by atomic mass is 16.5. The molecule has 222 valence electrons. The Morgan fingerprint density at radius 3 is 2.38 bits per heavy atom. The molecule has 1 heterocycles. The number of esters is 2. The van der Waals surface area contributed by atoms with Gasteiger partial charge in [0.25, 0.3) is 0 Å². The first-order valence-corrected chi connectivity index (χ1v) is 15.7. The number of ether oxygens (including phenoxy) is 2. The van der Waals surface area contributed by atoms with Gasteiger partial charge in [0.1, 0.15) is 6.10 Å². The lowest BCUT2D eigenvalue weighted by Crippen LogP contribution is -2.62. The van der Waals surface area contributed by atoms with Crippen LogP contribution in [-0.2, 0) is 19.1 Å². The molecule has 1 N–H and O–H groups in total. The molecule has 4 fully saturated rings. The number of carbonyl (C=O) groups is 2. The topological polar surface area (TPSA) is 103 Å². The molecule has 1 aromatic heterocycles. The highest BCUT2D eigenvalue weighted by molar-refractivity contribution is 5.69. The maximum absolute atomic E-state index is 12.6. The summed E-state index contributed by atoms with van der Waals surface area (Å²) in [5.74, 6) is 1.23. The molecule has 4 saturated carbocycles. The van der Waals surface area contributed by atoms with Gasteiger partial charge in [0, 0.05) is 24.3 Å². The van der Waals surface area contributed by atoms with E-state index in [-0.39, 0.29) is 46.3 Å². The lowest BCUT2D eigenvalue weighted by Gasteiger charge is -2.63. The fraction of sp³-hybridized carbons (Fsp3) is 0.788. The average Bonchev–Trinajstić information content (AvgIpc) is 3.22. The van der Waals surface area contributed by atoms with Crippen molar-refractivity contribution in [3.63, 3.8) is 0 Å². The SMILES string of the molecule is COC(=O)CCCCCCC(=O)O[C@H]1CC[C@@]2(C)[C@H](CCC3[C@@H]2CC[C@]2(C)[C@@H](c4ccc(=O)oc4)CC[C@]32O)C1. The normalized spacial score (nSPS) is 38.5. The van der Waals surface area contributed by atoms with Gasteiger partial charge in [-0.15, -0.1) is 0 Å². The zero-order valence-electron chi connectivity index (χ0n) is 24.6. The molecule has 1 unspecified atom stereocenters. The van der Waals surface area contributed by atoms with E-state index in [0.29, 0.717) is 24.7 Å². The summed E-state index contributed by atoms with van der Waals surface area (Å²) in [6.07, 6.45) is 14.7. The van der Waals surface area contributed by atoms with E-state index in [2.05, 4.69) is 18.6 Å². The second kappa shape index (κ2) is 11.6. The molecule has 7 heteroatoms. The Balaban J connectivity index is 1.16. The monoisotopic (exact) mass is 556 g/mol. The zero-order chi connectivity index (χ0) is 28.5. The van der Waals surface area contributed by atoms with Crippen LogP contribution in [0.4, 0.5) is 0 Å². The molecule has 1 aromatic rings. The number of methoxy groups -OCH3 is 1. The molecule has 0 radical (unpaired) electrons. The van der Waals surface area contributed by atoms with Crippen LogP contribution in [0.15, 0.2) is 27.6 Å². The molecule has 4 aliphatic rings. The first-order valence-electron chi connectivity index (χ1n) is 15.7. The number of rotatable bonds is 9. The average molecular weight is 557 g/mol. The molecule has 0 amide bonds. The van der Waals surface area contributed by atoms with Gasteiger partial charge in [0.15, 0.2) is 0 Å². The molecule has 0 aliphatic heterocycles. The Kier molecular flexibility index (Phi) is 8.52. The van der Waals surface area contributed by atoms with Crippen LogP contribution in [0, 0.1) is 28.6 Å². The van der Waals surface area contributed by atoms with Crippen molar-refractivity contribution in [1.29, 1.82) is 0 Å². The Bertz CT molecular complexity index is 1110. The van der Waals surface area contributed by atoms with Crippen molar-refractivity contribution in [3.8, 4) is 0 Å². The fourth-order valence-electron chi connectivity index (χ4n) is 9.63. The van der Waals surface area contributed by atoms with Gasteiger partial charge in [0.05, 0.1) is 19.0 Å². The zero-order valence-corrected chi connectivity index (χ0v) is 24.6. The third-order valence-corrected chi connectivity index (χ3v) is 12.0. The predicted octanol–water partition coefficient (Wildman–Crippen LogP) is 6.31. The van der Waals surface area contributed by atoms with Crippen molar-refractivity contribution in [1.82, 2.24) is 0 Å². The Morgan fingerprint density at radius 2 is 1.68 bits per heavy atom. The van der Waals surface area contributed by atoms with Crippen LogP contribution in [-0.4, -0.2) is 35.9 Å². The maximum atomic E-state index is 12.6. The number of carbonyl (C=O) groups excluding carboxylic acids is 2. The van der Waals surface area contributed by atoms with E-state index in [0.717, 1.165) is 89.0 Å². The van der Waals surface area contributed by atoms with Crippen molar-refractivity contribution < 1.29 is 28.6 Å². The van der Waals surface area contributed by atoms with E-state index in [1.165, 1.54) is 13.2 Å². The fourth-order valence-corrected chi connectivity index (χ4v) is 9.63. The van der Waals surface area contributed by atoms with Gasteiger partial charge in [-0.1, -0.05) is 26.7 Å². The smallest absolute Gasteiger partial charge is 0.335 e. The molecule has 5 rings (SSSR count).